The van der Waals surface area contributed by atoms with Gasteiger partial charge < -0.3 is 4.90 Å². The van der Waals surface area contributed by atoms with Crippen LogP contribution in [0, 0.1) is 5.82 Å². The van der Waals surface area contributed by atoms with Gasteiger partial charge in [0.2, 0.25) is 10.0 Å². The highest BCUT2D eigenvalue weighted by molar-refractivity contribution is 7.89. The molecule has 2 aromatic rings. The summed E-state index contributed by atoms with van der Waals surface area (Å²) < 4.78 is 40.1. The topological polar surface area (TPSA) is 98.8 Å². The van der Waals surface area contributed by atoms with Crippen LogP contribution in [0.4, 0.5) is 10.1 Å². The highest BCUT2D eigenvalue weighted by atomic mass is 32.2. The Kier molecular flexibility index (Phi) is 6.43. The molecule has 4 rings (SSSR count). The van der Waals surface area contributed by atoms with E-state index in [1.165, 1.54) is 17.7 Å². The average molecular weight is 461 g/mol. The quantitative estimate of drug-likeness (QED) is 0.660. The fourth-order valence-electron chi connectivity index (χ4n) is 4.24. The third-order valence-corrected chi connectivity index (χ3v) is 7.72. The molecular weight excluding hydrogens is 435 g/mol. The van der Waals surface area contributed by atoms with Crippen LogP contribution >= 0.6 is 0 Å². The molecule has 0 saturated carbocycles. The Hall–Kier alpha value is -2.98. The average Bonchev–Trinajstić information content (AvgIpc) is 3.29. The zero-order valence-corrected chi connectivity index (χ0v) is 18.3. The Labute approximate surface area is 186 Å². The van der Waals surface area contributed by atoms with E-state index in [0.29, 0.717) is 12.8 Å². The van der Waals surface area contributed by atoms with E-state index in [-0.39, 0.29) is 23.9 Å². The van der Waals surface area contributed by atoms with Gasteiger partial charge in [0.25, 0.3) is 11.8 Å². The van der Waals surface area contributed by atoms with Crippen molar-refractivity contribution in [2.75, 3.05) is 24.5 Å². The van der Waals surface area contributed by atoms with Crippen molar-refractivity contribution in [3.05, 3.63) is 59.9 Å². The second-order valence-corrected chi connectivity index (χ2v) is 9.81. The molecule has 2 aliphatic rings. The largest absolute Gasteiger partial charge is 0.362 e. The zero-order valence-electron chi connectivity index (χ0n) is 17.5. The highest BCUT2D eigenvalue weighted by Gasteiger charge is 2.39. The van der Waals surface area contributed by atoms with Crippen LogP contribution in [0.1, 0.15) is 24.8 Å². The molecule has 1 saturated heterocycles. The molecule has 170 valence electrons. The first-order chi connectivity index (χ1) is 15.4. The number of hydrazine groups is 1. The molecule has 2 heterocycles. The minimum atomic E-state index is -3.96. The van der Waals surface area contributed by atoms with Gasteiger partial charge in [-0.05, 0) is 61.6 Å². The summed E-state index contributed by atoms with van der Waals surface area (Å²) in [6.45, 7) is 1.00. The maximum atomic E-state index is 13.2. The molecule has 32 heavy (non-hydrogen) atoms. The molecule has 0 aliphatic carbocycles. The number of hydrogen-bond donors (Lipinski definition) is 2. The Balaban J connectivity index is 1.36. The van der Waals surface area contributed by atoms with Crippen LogP contribution in [0.15, 0.2) is 53.4 Å². The fraction of sp³-hybridized carbons (Fsp3) is 0.364. The summed E-state index contributed by atoms with van der Waals surface area (Å²) in [5.41, 5.74) is 6.97. The molecule has 8 nitrogen and oxygen atoms in total. The van der Waals surface area contributed by atoms with Gasteiger partial charge in [-0.3, -0.25) is 20.4 Å². The summed E-state index contributed by atoms with van der Waals surface area (Å²) >= 11 is 0. The summed E-state index contributed by atoms with van der Waals surface area (Å²) in [7, 11) is -3.96. The standard InChI is InChI=1S/C22H25FN4O4S/c23-17-9-11-18(12-10-17)32(30,31)27-14-4-8-20(27)22(29)25-24-21(28)15-26-13-3-6-16-5-1-2-7-19(16)26/h1-2,5,7,9-12,20H,3-4,6,8,13-15H2,(H,24,28)(H,25,29). The minimum Gasteiger partial charge on any atom is -0.362 e. The Morgan fingerprint density at radius 2 is 1.75 bits per heavy atom. The lowest BCUT2D eigenvalue weighted by Gasteiger charge is -2.30. The number of amides is 2. The van der Waals surface area contributed by atoms with E-state index in [1.54, 1.807) is 0 Å². The Morgan fingerprint density at radius 3 is 2.53 bits per heavy atom. The second-order valence-electron chi connectivity index (χ2n) is 7.92. The molecule has 1 fully saturated rings. The van der Waals surface area contributed by atoms with Crippen molar-refractivity contribution >= 4 is 27.5 Å². The summed E-state index contributed by atoms with van der Waals surface area (Å²) in [4.78, 5) is 27.0. The van der Waals surface area contributed by atoms with Crippen molar-refractivity contribution in [2.24, 2.45) is 0 Å². The number of benzene rings is 2. The maximum absolute atomic E-state index is 13.2. The molecule has 10 heteroatoms. The number of nitrogens with zero attached hydrogens (tertiary/aromatic N) is 2. The van der Waals surface area contributed by atoms with Crippen LogP contribution in [0.2, 0.25) is 0 Å². The summed E-state index contributed by atoms with van der Waals surface area (Å²) in [5, 5.41) is 0. The lowest BCUT2D eigenvalue weighted by molar-refractivity contribution is -0.130. The molecule has 0 spiro atoms. The van der Waals surface area contributed by atoms with Gasteiger partial charge in [-0.2, -0.15) is 4.31 Å². The molecule has 2 aliphatic heterocycles. The molecule has 1 unspecified atom stereocenters. The van der Waals surface area contributed by atoms with Crippen molar-refractivity contribution in [2.45, 2.75) is 36.6 Å². The molecule has 2 aromatic carbocycles. The first kappa shape index (κ1) is 22.2. The Bertz CT molecular complexity index is 1110. The number of carbonyl (C=O) groups is 2. The number of halogens is 1. The van der Waals surface area contributed by atoms with Gasteiger partial charge in [-0.25, -0.2) is 12.8 Å². The van der Waals surface area contributed by atoms with Crippen molar-refractivity contribution in [3.8, 4) is 0 Å². The van der Waals surface area contributed by atoms with E-state index < -0.39 is 27.8 Å². The van der Waals surface area contributed by atoms with Crippen LogP contribution in [-0.4, -0.2) is 50.2 Å². The number of nitrogens with one attached hydrogen (secondary N) is 2. The second kappa shape index (κ2) is 9.25. The summed E-state index contributed by atoms with van der Waals surface area (Å²) in [6, 6.07) is 11.4. The summed E-state index contributed by atoms with van der Waals surface area (Å²) in [5.74, 6) is -1.53. The fourth-order valence-corrected chi connectivity index (χ4v) is 5.89. The number of aryl methyl sites for hydroxylation is 1. The van der Waals surface area contributed by atoms with E-state index in [9.17, 15) is 22.4 Å². The highest BCUT2D eigenvalue weighted by Crippen LogP contribution is 2.27. The molecule has 2 N–H and O–H groups in total. The number of hydrogen-bond acceptors (Lipinski definition) is 5. The first-order valence-corrected chi connectivity index (χ1v) is 12.0. The smallest absolute Gasteiger partial charge is 0.257 e. The van der Waals surface area contributed by atoms with Crippen LogP contribution in [0.25, 0.3) is 0 Å². The lowest BCUT2D eigenvalue weighted by Crippen LogP contribution is -2.53. The van der Waals surface area contributed by atoms with Crippen LogP contribution in [0.5, 0.6) is 0 Å². The number of rotatable bonds is 5. The van der Waals surface area contributed by atoms with Crippen LogP contribution in [-0.2, 0) is 26.0 Å². The van der Waals surface area contributed by atoms with E-state index in [2.05, 4.69) is 10.9 Å². The maximum Gasteiger partial charge on any atom is 0.257 e. The van der Waals surface area contributed by atoms with Gasteiger partial charge in [-0.15, -0.1) is 0 Å². The predicted octanol–water partition coefficient (Wildman–Crippen LogP) is 1.58. The van der Waals surface area contributed by atoms with E-state index >= 15 is 0 Å². The predicted molar refractivity (Wildman–Crippen MR) is 117 cm³/mol. The third-order valence-electron chi connectivity index (χ3n) is 5.79. The number of fused-ring (bicyclic) bond motifs is 1. The molecule has 1 atom stereocenters. The van der Waals surface area contributed by atoms with Crippen molar-refractivity contribution < 1.29 is 22.4 Å². The number of para-hydroxylation sites is 1. The first-order valence-electron chi connectivity index (χ1n) is 10.6. The van der Waals surface area contributed by atoms with Gasteiger partial charge >= 0.3 is 0 Å². The summed E-state index contributed by atoms with van der Waals surface area (Å²) in [6.07, 6.45) is 2.75. The SMILES string of the molecule is O=C(CN1CCCc2ccccc21)NNC(=O)C1CCCN1S(=O)(=O)c1ccc(F)cc1. The normalized spacial score (nSPS) is 18.8. The van der Waals surface area contributed by atoms with Gasteiger partial charge in [0.05, 0.1) is 11.4 Å². The zero-order chi connectivity index (χ0) is 22.7. The van der Waals surface area contributed by atoms with Crippen molar-refractivity contribution in [3.63, 3.8) is 0 Å². The molecule has 2 amide bonds. The van der Waals surface area contributed by atoms with Crippen molar-refractivity contribution in [1.82, 2.24) is 15.2 Å². The minimum absolute atomic E-state index is 0.0774. The van der Waals surface area contributed by atoms with E-state index in [0.717, 1.165) is 41.5 Å². The molecular formula is C22H25FN4O4S. The third kappa shape index (κ3) is 4.61. The van der Waals surface area contributed by atoms with Crippen LogP contribution in [0.3, 0.4) is 0 Å². The monoisotopic (exact) mass is 460 g/mol. The number of anilines is 1. The number of sulfonamides is 1. The molecule has 0 aromatic heterocycles. The van der Waals surface area contributed by atoms with Gasteiger partial charge in [0.1, 0.15) is 11.9 Å². The van der Waals surface area contributed by atoms with Gasteiger partial charge in [0.15, 0.2) is 0 Å². The van der Waals surface area contributed by atoms with Gasteiger partial charge in [-0.1, -0.05) is 18.2 Å². The molecule has 0 radical (unpaired) electrons. The lowest BCUT2D eigenvalue weighted by atomic mass is 10.0. The molecule has 0 bridgehead atoms. The Morgan fingerprint density at radius 1 is 1.00 bits per heavy atom. The van der Waals surface area contributed by atoms with E-state index in [4.69, 9.17) is 0 Å². The number of carbonyl (C=O) groups excluding carboxylic acids is 2. The van der Waals surface area contributed by atoms with E-state index in [1.807, 2.05) is 29.2 Å². The van der Waals surface area contributed by atoms with Gasteiger partial charge in [0, 0.05) is 18.8 Å². The van der Waals surface area contributed by atoms with Crippen LogP contribution < -0.4 is 15.8 Å². The van der Waals surface area contributed by atoms with Crippen molar-refractivity contribution in [1.29, 1.82) is 0 Å².